The third-order valence-electron chi connectivity index (χ3n) is 8.21. The molecule has 0 bridgehead atoms. The lowest BCUT2D eigenvalue weighted by molar-refractivity contribution is -0.162. The Balaban J connectivity index is 1.67. The molecular formula is C26H46N2O3. The van der Waals surface area contributed by atoms with Crippen LogP contribution in [-0.4, -0.2) is 67.4 Å². The van der Waals surface area contributed by atoms with E-state index in [4.69, 9.17) is 4.74 Å². The molecule has 0 aromatic heterocycles. The first kappa shape index (κ1) is 24.7. The first-order valence-electron chi connectivity index (χ1n) is 12.7. The molecule has 2 saturated heterocycles. The molecule has 0 aromatic carbocycles. The van der Waals surface area contributed by atoms with Crippen molar-refractivity contribution in [2.75, 3.05) is 39.8 Å². The Hall–Kier alpha value is -0.940. The highest BCUT2D eigenvalue weighted by Gasteiger charge is 2.43. The Morgan fingerprint density at radius 1 is 0.968 bits per heavy atom. The van der Waals surface area contributed by atoms with Crippen molar-refractivity contribution in [2.45, 2.75) is 79.2 Å². The van der Waals surface area contributed by atoms with Crippen LogP contribution in [0.1, 0.15) is 73.1 Å². The Labute approximate surface area is 190 Å². The smallest absolute Gasteiger partial charge is 0.319 e. The van der Waals surface area contributed by atoms with Crippen LogP contribution in [0.2, 0.25) is 0 Å². The predicted octanol–water partition coefficient (Wildman–Crippen LogP) is 4.25. The fraction of sp³-hybridized carbons (Fsp3) is 0.923. The maximum Gasteiger partial charge on any atom is 0.319 e. The molecule has 0 amide bonds. The van der Waals surface area contributed by atoms with Crippen molar-refractivity contribution in [3.8, 4) is 0 Å². The zero-order valence-corrected chi connectivity index (χ0v) is 20.9. The minimum atomic E-state index is -1.07. The van der Waals surface area contributed by atoms with E-state index in [0.717, 1.165) is 38.4 Å². The van der Waals surface area contributed by atoms with Gasteiger partial charge in [0.1, 0.15) is 12.0 Å². The number of esters is 1. The average molecular weight is 435 g/mol. The van der Waals surface area contributed by atoms with Crippen molar-refractivity contribution in [1.29, 1.82) is 0 Å². The van der Waals surface area contributed by atoms with Gasteiger partial charge in [0.2, 0.25) is 0 Å². The van der Waals surface area contributed by atoms with Crippen LogP contribution in [0.4, 0.5) is 0 Å². The number of hydrogen-bond donors (Lipinski definition) is 0. The summed E-state index contributed by atoms with van der Waals surface area (Å²) in [7, 11) is 2.19. The molecule has 0 radical (unpaired) electrons. The summed E-state index contributed by atoms with van der Waals surface area (Å²) in [6.07, 6.45) is 7.52. The molecule has 0 spiro atoms. The molecule has 178 valence electrons. The number of hydrogen-bond acceptors (Lipinski definition) is 5. The summed E-state index contributed by atoms with van der Waals surface area (Å²) >= 11 is 0. The molecular weight excluding hydrogens is 388 g/mol. The van der Waals surface area contributed by atoms with E-state index in [0.29, 0.717) is 24.4 Å². The van der Waals surface area contributed by atoms with E-state index < -0.39 is 5.41 Å². The van der Waals surface area contributed by atoms with Crippen LogP contribution in [0, 0.1) is 35.0 Å². The summed E-state index contributed by atoms with van der Waals surface area (Å²) in [5, 5.41) is 0. The van der Waals surface area contributed by atoms with Gasteiger partial charge in [0, 0.05) is 44.1 Å². The van der Waals surface area contributed by atoms with Gasteiger partial charge in [-0.15, -0.1) is 0 Å². The van der Waals surface area contributed by atoms with E-state index in [1.807, 2.05) is 6.92 Å². The number of ketones is 1. The van der Waals surface area contributed by atoms with Crippen molar-refractivity contribution in [2.24, 2.45) is 35.0 Å². The maximum absolute atomic E-state index is 13.0. The monoisotopic (exact) mass is 434 g/mol. The molecule has 0 aromatic rings. The zero-order chi connectivity index (χ0) is 22.8. The lowest BCUT2D eigenvalue weighted by atomic mass is 9.78. The Bertz CT molecular complexity index is 622. The molecule has 2 heterocycles. The average Bonchev–Trinajstić information content (AvgIpc) is 3.16. The van der Waals surface area contributed by atoms with E-state index >= 15 is 0 Å². The van der Waals surface area contributed by atoms with Gasteiger partial charge in [-0.1, -0.05) is 33.6 Å². The van der Waals surface area contributed by atoms with Gasteiger partial charge in [0.25, 0.3) is 0 Å². The molecule has 5 nitrogen and oxygen atoms in total. The lowest BCUT2D eigenvalue weighted by Crippen LogP contribution is -2.58. The van der Waals surface area contributed by atoms with Crippen LogP contribution in [0.15, 0.2) is 0 Å². The van der Waals surface area contributed by atoms with E-state index in [9.17, 15) is 9.59 Å². The number of carbonyl (C=O) groups excluding carboxylic acids is 2. The number of likely N-dealkylation sites (N-methyl/N-ethyl adjacent to an activating group) is 1. The van der Waals surface area contributed by atoms with Gasteiger partial charge in [0.15, 0.2) is 5.78 Å². The number of cyclic esters (lactones) is 1. The molecule has 1 aliphatic carbocycles. The van der Waals surface area contributed by atoms with Crippen molar-refractivity contribution < 1.29 is 14.3 Å². The Morgan fingerprint density at radius 3 is 2.26 bits per heavy atom. The quantitative estimate of drug-likeness (QED) is 0.491. The van der Waals surface area contributed by atoms with E-state index in [1.54, 1.807) is 13.8 Å². The van der Waals surface area contributed by atoms with Crippen molar-refractivity contribution in [3.05, 3.63) is 0 Å². The van der Waals surface area contributed by atoms with Gasteiger partial charge in [-0.2, -0.15) is 0 Å². The second-order valence-corrected chi connectivity index (χ2v) is 11.8. The second kappa shape index (κ2) is 10.3. The van der Waals surface area contributed by atoms with Crippen LogP contribution >= 0.6 is 0 Å². The summed E-state index contributed by atoms with van der Waals surface area (Å²) in [5.41, 5.74) is -1.07. The molecule has 4 atom stereocenters. The van der Waals surface area contributed by atoms with Gasteiger partial charge < -0.3 is 9.64 Å². The molecule has 31 heavy (non-hydrogen) atoms. The van der Waals surface area contributed by atoms with Crippen LogP contribution < -0.4 is 0 Å². The third kappa shape index (κ3) is 6.10. The minimum absolute atomic E-state index is 0.0209. The number of rotatable bonds is 3. The number of Topliss-reactive ketones (excluding diaryl/α,β-unsaturated/α-hetero) is 1. The van der Waals surface area contributed by atoms with Gasteiger partial charge in [-0.3, -0.25) is 14.5 Å². The largest absolute Gasteiger partial charge is 0.463 e. The first-order valence-corrected chi connectivity index (χ1v) is 12.7. The Morgan fingerprint density at radius 2 is 1.61 bits per heavy atom. The van der Waals surface area contributed by atoms with E-state index in [1.165, 1.54) is 32.2 Å². The molecule has 0 unspecified atom stereocenters. The van der Waals surface area contributed by atoms with E-state index in [-0.39, 0.29) is 23.7 Å². The van der Waals surface area contributed by atoms with Gasteiger partial charge >= 0.3 is 5.97 Å². The van der Waals surface area contributed by atoms with Crippen LogP contribution in [-0.2, 0) is 14.3 Å². The third-order valence-corrected chi connectivity index (χ3v) is 8.21. The topological polar surface area (TPSA) is 49.9 Å². The van der Waals surface area contributed by atoms with Crippen molar-refractivity contribution >= 4 is 11.8 Å². The highest BCUT2D eigenvalue weighted by Crippen LogP contribution is 2.33. The predicted molar refractivity (Wildman–Crippen MR) is 125 cm³/mol. The minimum Gasteiger partial charge on any atom is -0.463 e. The number of likely N-dealkylation sites (tertiary alicyclic amines) is 1. The number of ether oxygens (including phenoxy) is 1. The van der Waals surface area contributed by atoms with Crippen LogP contribution in [0.5, 0.6) is 0 Å². The van der Waals surface area contributed by atoms with Crippen molar-refractivity contribution in [3.63, 3.8) is 0 Å². The number of carbonyl (C=O) groups is 2. The molecule has 3 aliphatic rings. The molecule has 3 rings (SSSR count). The number of nitrogens with zero attached hydrogens (tertiary/aromatic N) is 2. The SMILES string of the molecule is C[C@@H]1C[C@@H](C)CN(C)[C@H](C2CN(CC3CCCC3)C2)COC(=O)C(C)(C)C(=O)[C@H](C)C1. The summed E-state index contributed by atoms with van der Waals surface area (Å²) in [6.45, 7) is 14.9. The van der Waals surface area contributed by atoms with Gasteiger partial charge in [0.05, 0.1) is 0 Å². The maximum atomic E-state index is 13.0. The highest BCUT2D eigenvalue weighted by molar-refractivity contribution is 6.03. The van der Waals surface area contributed by atoms with Crippen LogP contribution in [0.25, 0.3) is 0 Å². The fourth-order valence-electron chi connectivity index (χ4n) is 6.44. The first-order chi connectivity index (χ1) is 14.6. The van der Waals surface area contributed by atoms with E-state index in [2.05, 4.69) is 30.7 Å². The summed E-state index contributed by atoms with van der Waals surface area (Å²) in [6, 6.07) is 0.227. The summed E-state index contributed by atoms with van der Waals surface area (Å²) in [5.74, 6) is 1.99. The fourth-order valence-corrected chi connectivity index (χ4v) is 6.44. The summed E-state index contributed by atoms with van der Waals surface area (Å²) < 4.78 is 5.84. The molecule has 5 heteroatoms. The zero-order valence-electron chi connectivity index (χ0n) is 20.9. The molecule has 3 fully saturated rings. The summed E-state index contributed by atoms with van der Waals surface area (Å²) in [4.78, 5) is 31.0. The Kier molecular flexibility index (Phi) is 8.23. The molecule has 1 saturated carbocycles. The van der Waals surface area contributed by atoms with Gasteiger partial charge in [-0.05, 0) is 64.3 Å². The normalized spacial score (nSPS) is 35.7. The van der Waals surface area contributed by atoms with Crippen LogP contribution in [0.3, 0.4) is 0 Å². The second-order valence-electron chi connectivity index (χ2n) is 11.8. The van der Waals surface area contributed by atoms with Crippen molar-refractivity contribution in [1.82, 2.24) is 9.80 Å². The lowest BCUT2D eigenvalue weighted by Gasteiger charge is -2.47. The molecule has 0 N–H and O–H groups in total. The van der Waals surface area contributed by atoms with Gasteiger partial charge in [-0.25, -0.2) is 0 Å². The highest BCUT2D eigenvalue weighted by atomic mass is 16.5. The molecule has 2 aliphatic heterocycles. The standard InChI is InChI=1S/C26H46N2O3/c1-18-11-19(2)13-27(6)23(22-15-28(16-22)14-21-9-7-8-10-21)17-31-25(30)26(4,5)24(29)20(3)12-18/h18-23H,7-17H2,1-6H3/t18-,19-,20-,23+/m1/s1.